The summed E-state index contributed by atoms with van der Waals surface area (Å²) in [6.45, 7) is 6.26. The second-order valence-electron chi connectivity index (χ2n) is 2.92. The Labute approximate surface area is 72.5 Å². The summed E-state index contributed by atoms with van der Waals surface area (Å²) in [6, 6.07) is 0. The first kappa shape index (κ1) is 11.2. The van der Waals surface area contributed by atoms with Crippen LogP contribution in [0.2, 0.25) is 0 Å². The van der Waals surface area contributed by atoms with Crippen LogP contribution < -0.4 is 0 Å². The van der Waals surface area contributed by atoms with Gasteiger partial charge in [0.05, 0.1) is 12.0 Å². The lowest BCUT2D eigenvalue weighted by Gasteiger charge is -2.17. The Bertz CT molecular complexity index is 277. The molecule has 0 unspecified atom stereocenters. The molecule has 0 aliphatic rings. The standard InChI is InChI=1S/C7H13NO3S/c1-4-5-12(10,11)7(2,3)6-8-9/h4,6,9H,1,5H2,2-3H3/b8-6-. The van der Waals surface area contributed by atoms with Gasteiger partial charge in [-0.05, 0) is 13.8 Å². The zero-order chi connectivity index (χ0) is 9.83. The van der Waals surface area contributed by atoms with Gasteiger partial charge in [0.25, 0.3) is 0 Å². The maximum absolute atomic E-state index is 11.4. The fourth-order valence-corrected chi connectivity index (χ4v) is 1.54. The third-order valence-electron chi connectivity index (χ3n) is 1.51. The highest BCUT2D eigenvalue weighted by atomic mass is 32.2. The van der Waals surface area contributed by atoms with E-state index in [0.29, 0.717) is 0 Å². The molecule has 0 fully saturated rings. The molecule has 70 valence electrons. The van der Waals surface area contributed by atoms with Crippen molar-refractivity contribution in [2.45, 2.75) is 18.6 Å². The van der Waals surface area contributed by atoms with E-state index in [0.717, 1.165) is 6.21 Å². The van der Waals surface area contributed by atoms with E-state index in [1.807, 2.05) is 0 Å². The predicted molar refractivity (Wildman–Crippen MR) is 48.3 cm³/mol. The monoisotopic (exact) mass is 191 g/mol. The van der Waals surface area contributed by atoms with Gasteiger partial charge in [-0.15, -0.1) is 11.7 Å². The molecular formula is C7H13NO3S. The highest BCUT2D eigenvalue weighted by Crippen LogP contribution is 2.14. The number of rotatable bonds is 4. The summed E-state index contributed by atoms with van der Waals surface area (Å²) in [7, 11) is -3.30. The number of oxime groups is 1. The van der Waals surface area contributed by atoms with Crippen LogP contribution in [-0.2, 0) is 9.84 Å². The van der Waals surface area contributed by atoms with Crippen LogP contribution in [0, 0.1) is 0 Å². The maximum atomic E-state index is 11.4. The van der Waals surface area contributed by atoms with E-state index in [9.17, 15) is 8.42 Å². The molecule has 0 aliphatic heterocycles. The zero-order valence-electron chi connectivity index (χ0n) is 7.19. The second kappa shape index (κ2) is 3.71. The SMILES string of the molecule is C=CCS(=O)(=O)C(C)(C)/C=N\O. The van der Waals surface area contributed by atoms with Crippen LogP contribution in [0.5, 0.6) is 0 Å². The van der Waals surface area contributed by atoms with Gasteiger partial charge in [-0.1, -0.05) is 6.08 Å². The van der Waals surface area contributed by atoms with E-state index in [-0.39, 0.29) is 5.75 Å². The molecule has 0 saturated carbocycles. The average Bonchev–Trinajstić information content (AvgIpc) is 1.86. The molecule has 4 nitrogen and oxygen atoms in total. The summed E-state index contributed by atoms with van der Waals surface area (Å²) in [5.74, 6) is -0.119. The van der Waals surface area contributed by atoms with Crippen molar-refractivity contribution in [1.82, 2.24) is 0 Å². The van der Waals surface area contributed by atoms with Crippen molar-refractivity contribution >= 4 is 16.1 Å². The lowest BCUT2D eigenvalue weighted by Crippen LogP contribution is -2.35. The van der Waals surface area contributed by atoms with E-state index in [1.54, 1.807) is 0 Å². The molecule has 0 aliphatic carbocycles. The van der Waals surface area contributed by atoms with E-state index in [4.69, 9.17) is 5.21 Å². The van der Waals surface area contributed by atoms with Crippen LogP contribution in [0.1, 0.15) is 13.8 Å². The van der Waals surface area contributed by atoms with Gasteiger partial charge in [0, 0.05) is 0 Å². The van der Waals surface area contributed by atoms with Crippen LogP contribution in [0.4, 0.5) is 0 Å². The Morgan fingerprint density at radius 2 is 2.08 bits per heavy atom. The predicted octanol–water partition coefficient (Wildman–Crippen LogP) is 0.826. The van der Waals surface area contributed by atoms with Gasteiger partial charge in [0.1, 0.15) is 4.75 Å². The van der Waals surface area contributed by atoms with Crippen molar-refractivity contribution in [1.29, 1.82) is 0 Å². The minimum Gasteiger partial charge on any atom is -0.411 e. The van der Waals surface area contributed by atoms with E-state index in [2.05, 4.69) is 11.7 Å². The van der Waals surface area contributed by atoms with Gasteiger partial charge < -0.3 is 5.21 Å². The zero-order valence-corrected chi connectivity index (χ0v) is 8.00. The minimum absolute atomic E-state index is 0.119. The molecule has 0 heterocycles. The van der Waals surface area contributed by atoms with E-state index >= 15 is 0 Å². The quantitative estimate of drug-likeness (QED) is 0.310. The molecule has 0 aromatic carbocycles. The van der Waals surface area contributed by atoms with Crippen LogP contribution in [-0.4, -0.2) is 30.3 Å². The summed E-state index contributed by atoms with van der Waals surface area (Å²) in [6.07, 6.45) is 2.30. The molecule has 0 aromatic heterocycles. The van der Waals surface area contributed by atoms with Crippen LogP contribution in [0.3, 0.4) is 0 Å². The normalized spacial score (nSPS) is 13.5. The van der Waals surface area contributed by atoms with Crippen LogP contribution in [0.15, 0.2) is 17.8 Å². The third-order valence-corrected chi connectivity index (χ3v) is 3.89. The molecule has 0 radical (unpaired) electrons. The molecule has 0 bridgehead atoms. The first-order valence-electron chi connectivity index (χ1n) is 3.39. The highest BCUT2D eigenvalue weighted by Gasteiger charge is 2.31. The molecule has 12 heavy (non-hydrogen) atoms. The summed E-state index contributed by atoms with van der Waals surface area (Å²) >= 11 is 0. The Morgan fingerprint density at radius 1 is 1.58 bits per heavy atom. The summed E-state index contributed by atoms with van der Waals surface area (Å²) in [5, 5.41) is 10.9. The minimum atomic E-state index is -3.30. The molecule has 0 atom stereocenters. The topological polar surface area (TPSA) is 66.7 Å². The van der Waals surface area contributed by atoms with Gasteiger partial charge >= 0.3 is 0 Å². The van der Waals surface area contributed by atoms with Gasteiger partial charge in [0.2, 0.25) is 0 Å². The van der Waals surface area contributed by atoms with E-state index < -0.39 is 14.6 Å². The molecule has 1 N–H and O–H groups in total. The molecule has 0 aromatic rings. The Kier molecular flexibility index (Phi) is 3.45. The smallest absolute Gasteiger partial charge is 0.164 e. The average molecular weight is 191 g/mol. The fraction of sp³-hybridized carbons (Fsp3) is 0.571. The number of hydrogen-bond donors (Lipinski definition) is 1. The van der Waals surface area contributed by atoms with Crippen molar-refractivity contribution in [2.24, 2.45) is 5.16 Å². The van der Waals surface area contributed by atoms with Crippen molar-refractivity contribution in [3.05, 3.63) is 12.7 Å². The molecule has 0 spiro atoms. The molecule has 0 amide bonds. The first-order valence-corrected chi connectivity index (χ1v) is 5.04. The van der Waals surface area contributed by atoms with Crippen molar-refractivity contribution in [3.8, 4) is 0 Å². The van der Waals surface area contributed by atoms with Crippen LogP contribution in [0.25, 0.3) is 0 Å². The van der Waals surface area contributed by atoms with Crippen molar-refractivity contribution < 1.29 is 13.6 Å². The Hall–Kier alpha value is -0.840. The number of nitrogens with zero attached hydrogens (tertiary/aromatic N) is 1. The van der Waals surface area contributed by atoms with Gasteiger partial charge in [-0.25, -0.2) is 8.42 Å². The fourth-order valence-electron chi connectivity index (χ4n) is 0.589. The maximum Gasteiger partial charge on any atom is 0.164 e. The Morgan fingerprint density at radius 3 is 2.42 bits per heavy atom. The van der Waals surface area contributed by atoms with E-state index in [1.165, 1.54) is 19.9 Å². The summed E-state index contributed by atoms with van der Waals surface area (Å²) < 4.78 is 21.6. The second-order valence-corrected chi connectivity index (χ2v) is 5.53. The Balaban J connectivity index is 4.88. The lowest BCUT2D eigenvalue weighted by molar-refractivity contribution is 0.319. The molecule has 0 saturated heterocycles. The summed E-state index contributed by atoms with van der Waals surface area (Å²) in [5.41, 5.74) is 0. The highest BCUT2D eigenvalue weighted by molar-refractivity contribution is 7.93. The summed E-state index contributed by atoms with van der Waals surface area (Å²) in [4.78, 5) is 0. The van der Waals surface area contributed by atoms with Gasteiger partial charge in [-0.3, -0.25) is 0 Å². The van der Waals surface area contributed by atoms with Crippen molar-refractivity contribution in [3.63, 3.8) is 0 Å². The number of hydrogen-bond acceptors (Lipinski definition) is 4. The molecular weight excluding hydrogens is 178 g/mol. The number of sulfone groups is 1. The molecule has 0 rings (SSSR count). The van der Waals surface area contributed by atoms with Gasteiger partial charge in [0.15, 0.2) is 9.84 Å². The largest absolute Gasteiger partial charge is 0.411 e. The lowest BCUT2D eigenvalue weighted by atomic mass is 10.2. The molecule has 5 heteroatoms. The first-order chi connectivity index (χ1) is 5.37. The van der Waals surface area contributed by atoms with Crippen molar-refractivity contribution in [2.75, 3.05) is 5.75 Å². The van der Waals surface area contributed by atoms with Gasteiger partial charge in [-0.2, -0.15) is 0 Å². The third kappa shape index (κ3) is 2.34. The van der Waals surface area contributed by atoms with Crippen LogP contribution >= 0.6 is 0 Å².